The zero-order valence-corrected chi connectivity index (χ0v) is 15.8. The minimum absolute atomic E-state index is 0.342. The fraction of sp³-hybridized carbons (Fsp3) is 0.722. The number of fused-ring (bicyclic) bond motifs is 1. The molecule has 0 N–H and O–H groups in total. The molecule has 0 aliphatic carbocycles. The summed E-state index contributed by atoms with van der Waals surface area (Å²) in [6.45, 7) is 9.21. The van der Waals surface area contributed by atoms with Crippen LogP contribution in [-0.4, -0.2) is 82.9 Å². The molecule has 5 heterocycles. The van der Waals surface area contributed by atoms with E-state index >= 15 is 0 Å². The minimum Gasteiger partial charge on any atom is -0.378 e. The van der Waals surface area contributed by atoms with Crippen LogP contribution >= 0.6 is 0 Å². The van der Waals surface area contributed by atoms with Crippen molar-refractivity contribution in [2.75, 3.05) is 57.5 Å². The minimum atomic E-state index is -0.342. The van der Waals surface area contributed by atoms with E-state index in [1.54, 1.807) is 0 Å². The highest BCUT2D eigenvalue weighted by molar-refractivity contribution is 5.47. The topological polar surface area (TPSA) is 77.3 Å². The number of hydrogen-bond acceptors (Lipinski definition) is 8. The Balaban J connectivity index is 1.34. The van der Waals surface area contributed by atoms with Crippen molar-refractivity contribution in [1.82, 2.24) is 24.5 Å². The van der Waals surface area contributed by atoms with Gasteiger partial charge in [0.25, 0.3) is 5.78 Å². The average molecular weight is 374 g/mol. The largest absolute Gasteiger partial charge is 0.378 e. The van der Waals surface area contributed by atoms with Crippen molar-refractivity contribution in [2.45, 2.75) is 32.1 Å². The second-order valence-electron chi connectivity index (χ2n) is 7.48. The third kappa shape index (κ3) is 3.40. The Morgan fingerprint density at radius 1 is 1.00 bits per heavy atom. The van der Waals surface area contributed by atoms with Crippen LogP contribution in [-0.2, 0) is 20.8 Å². The van der Waals surface area contributed by atoms with Gasteiger partial charge in [0.1, 0.15) is 5.82 Å². The van der Waals surface area contributed by atoms with Crippen molar-refractivity contribution in [3.63, 3.8) is 0 Å². The number of anilines is 1. The van der Waals surface area contributed by atoms with Gasteiger partial charge in [-0.05, 0) is 6.92 Å². The van der Waals surface area contributed by atoms with Gasteiger partial charge in [-0.15, -0.1) is 5.10 Å². The number of ether oxygens (including phenoxy) is 3. The Bertz CT molecular complexity index is 803. The average Bonchev–Trinajstić information content (AvgIpc) is 3.30. The van der Waals surface area contributed by atoms with Crippen LogP contribution in [0.2, 0.25) is 0 Å². The molecule has 5 rings (SSSR count). The van der Waals surface area contributed by atoms with E-state index in [0.717, 1.165) is 76.1 Å². The van der Waals surface area contributed by atoms with E-state index in [2.05, 4.69) is 20.9 Å². The van der Waals surface area contributed by atoms with E-state index in [-0.39, 0.29) is 5.79 Å². The van der Waals surface area contributed by atoms with Gasteiger partial charge in [-0.1, -0.05) is 0 Å². The van der Waals surface area contributed by atoms with Gasteiger partial charge >= 0.3 is 0 Å². The fourth-order valence-electron chi connectivity index (χ4n) is 4.13. The molecule has 3 fully saturated rings. The molecule has 0 saturated carbocycles. The molecule has 0 radical (unpaired) electrons. The Morgan fingerprint density at radius 3 is 2.48 bits per heavy atom. The number of rotatable bonds is 3. The molecule has 9 nitrogen and oxygen atoms in total. The van der Waals surface area contributed by atoms with Crippen molar-refractivity contribution in [3.8, 4) is 0 Å². The van der Waals surface area contributed by atoms with E-state index in [0.29, 0.717) is 19.0 Å². The molecule has 146 valence electrons. The monoisotopic (exact) mass is 374 g/mol. The summed E-state index contributed by atoms with van der Waals surface area (Å²) in [5, 5.41) is 4.77. The van der Waals surface area contributed by atoms with Crippen LogP contribution in [0.3, 0.4) is 0 Å². The highest BCUT2D eigenvalue weighted by atomic mass is 16.7. The van der Waals surface area contributed by atoms with Gasteiger partial charge in [-0.25, -0.2) is 4.98 Å². The summed E-state index contributed by atoms with van der Waals surface area (Å²) in [5.41, 5.74) is 0.957. The molecule has 27 heavy (non-hydrogen) atoms. The van der Waals surface area contributed by atoms with Gasteiger partial charge in [0.2, 0.25) is 0 Å². The van der Waals surface area contributed by atoms with Crippen molar-refractivity contribution in [2.24, 2.45) is 0 Å². The molecule has 0 amide bonds. The quantitative estimate of drug-likeness (QED) is 0.773. The number of morpholine rings is 1. The fourth-order valence-corrected chi connectivity index (χ4v) is 4.13. The zero-order valence-electron chi connectivity index (χ0n) is 15.8. The number of nitrogens with zero attached hydrogens (tertiary/aromatic N) is 6. The van der Waals surface area contributed by atoms with E-state index in [1.807, 2.05) is 11.4 Å². The van der Waals surface area contributed by atoms with E-state index < -0.39 is 0 Å². The van der Waals surface area contributed by atoms with Gasteiger partial charge < -0.3 is 19.1 Å². The van der Waals surface area contributed by atoms with Crippen LogP contribution in [0.5, 0.6) is 0 Å². The van der Waals surface area contributed by atoms with Crippen LogP contribution in [0.15, 0.2) is 6.07 Å². The SMILES string of the molecule is Cc1cc(N2CCOCC2)n2nc(CN3CCC4(CC3)OCCO4)nc2n1. The van der Waals surface area contributed by atoms with Gasteiger partial charge in [0.15, 0.2) is 11.6 Å². The second kappa shape index (κ2) is 6.97. The lowest BCUT2D eigenvalue weighted by Gasteiger charge is -2.37. The van der Waals surface area contributed by atoms with Crippen molar-refractivity contribution >= 4 is 11.6 Å². The lowest BCUT2D eigenvalue weighted by Crippen LogP contribution is -2.44. The second-order valence-corrected chi connectivity index (χ2v) is 7.48. The highest BCUT2D eigenvalue weighted by Crippen LogP contribution is 2.31. The third-order valence-corrected chi connectivity index (χ3v) is 5.60. The first-order chi connectivity index (χ1) is 13.2. The molecule has 0 bridgehead atoms. The lowest BCUT2D eigenvalue weighted by molar-refractivity contribution is -0.185. The maximum absolute atomic E-state index is 5.81. The normalized spacial score (nSPS) is 23.5. The van der Waals surface area contributed by atoms with Crippen molar-refractivity contribution in [1.29, 1.82) is 0 Å². The summed E-state index contributed by atoms with van der Waals surface area (Å²) < 4.78 is 19.0. The molecule has 3 aliphatic heterocycles. The summed E-state index contributed by atoms with van der Waals surface area (Å²) in [7, 11) is 0. The summed E-state index contributed by atoms with van der Waals surface area (Å²) >= 11 is 0. The number of hydrogen-bond donors (Lipinski definition) is 0. The molecular formula is C18H26N6O3. The summed E-state index contributed by atoms with van der Waals surface area (Å²) in [4.78, 5) is 13.9. The van der Waals surface area contributed by atoms with Crippen LogP contribution in [0.25, 0.3) is 5.78 Å². The molecule has 3 saturated heterocycles. The maximum atomic E-state index is 5.81. The van der Waals surface area contributed by atoms with Gasteiger partial charge in [-0.3, -0.25) is 4.90 Å². The van der Waals surface area contributed by atoms with Crippen LogP contribution in [0.1, 0.15) is 24.4 Å². The maximum Gasteiger partial charge on any atom is 0.254 e. The number of aromatic nitrogens is 4. The van der Waals surface area contributed by atoms with Gasteiger partial charge in [0.05, 0.1) is 33.0 Å². The Hall–Kier alpha value is -1.81. The number of likely N-dealkylation sites (tertiary alicyclic amines) is 1. The van der Waals surface area contributed by atoms with Gasteiger partial charge in [0, 0.05) is 50.8 Å². The summed E-state index contributed by atoms with van der Waals surface area (Å²) in [5.74, 6) is 2.18. The molecule has 0 unspecified atom stereocenters. The van der Waals surface area contributed by atoms with E-state index in [9.17, 15) is 0 Å². The predicted octanol–water partition coefficient (Wildman–Crippen LogP) is 0.608. The van der Waals surface area contributed by atoms with E-state index in [1.165, 1.54) is 0 Å². The molecule has 9 heteroatoms. The summed E-state index contributed by atoms with van der Waals surface area (Å²) in [6, 6.07) is 2.08. The lowest BCUT2D eigenvalue weighted by atomic mass is 10.0. The third-order valence-electron chi connectivity index (χ3n) is 5.60. The molecule has 3 aliphatic rings. The standard InChI is InChI=1S/C18H26N6O3/c1-14-12-16(23-6-8-25-9-7-23)24-17(19-14)20-15(21-24)13-22-4-2-18(3-5-22)26-10-11-27-18/h12H,2-11,13H2,1H3. The van der Waals surface area contributed by atoms with Crippen LogP contribution < -0.4 is 4.90 Å². The first-order valence-corrected chi connectivity index (χ1v) is 9.77. The molecule has 2 aromatic heterocycles. The Morgan fingerprint density at radius 2 is 1.74 bits per heavy atom. The van der Waals surface area contributed by atoms with E-state index in [4.69, 9.17) is 24.3 Å². The first kappa shape index (κ1) is 17.3. The zero-order chi connectivity index (χ0) is 18.3. The molecule has 0 atom stereocenters. The number of aryl methyl sites for hydroxylation is 1. The predicted molar refractivity (Wildman–Crippen MR) is 97.7 cm³/mol. The van der Waals surface area contributed by atoms with Crippen LogP contribution in [0.4, 0.5) is 5.82 Å². The van der Waals surface area contributed by atoms with Crippen LogP contribution in [0, 0.1) is 6.92 Å². The van der Waals surface area contributed by atoms with Gasteiger partial charge in [-0.2, -0.15) is 9.50 Å². The van der Waals surface area contributed by atoms with Crippen molar-refractivity contribution in [3.05, 3.63) is 17.6 Å². The Labute approximate surface area is 158 Å². The number of piperidine rings is 1. The van der Waals surface area contributed by atoms with Crippen molar-refractivity contribution < 1.29 is 14.2 Å². The highest BCUT2D eigenvalue weighted by Gasteiger charge is 2.39. The smallest absolute Gasteiger partial charge is 0.254 e. The molecule has 2 aromatic rings. The molecular weight excluding hydrogens is 348 g/mol. The summed E-state index contributed by atoms with van der Waals surface area (Å²) in [6.07, 6.45) is 1.80. The molecule has 0 aromatic carbocycles. The Kier molecular flexibility index (Phi) is 4.47. The molecule has 1 spiro atoms. The first-order valence-electron chi connectivity index (χ1n) is 9.77.